The molecular weight excluding hydrogens is 214 g/mol. The lowest BCUT2D eigenvalue weighted by atomic mass is 10.1. The molecule has 0 aliphatic carbocycles. The quantitative estimate of drug-likeness (QED) is 0.680. The molecule has 0 N–H and O–H groups in total. The maximum atomic E-state index is 5.73. The van der Waals surface area contributed by atoms with Gasteiger partial charge >= 0.3 is 0 Å². The second-order valence-corrected chi connectivity index (χ2v) is 4.61. The van der Waals surface area contributed by atoms with Crippen LogP contribution in [-0.2, 0) is 23.8 Å². The van der Waals surface area contributed by atoms with E-state index < -0.39 is 5.79 Å². The van der Waals surface area contributed by atoms with Crippen LogP contribution < -0.4 is 0 Å². The number of oxime groups is 1. The Morgan fingerprint density at radius 1 is 1.31 bits per heavy atom. The van der Waals surface area contributed by atoms with Crippen molar-refractivity contribution >= 4 is 5.71 Å². The van der Waals surface area contributed by atoms with Gasteiger partial charge in [-0.25, -0.2) is 0 Å². The first-order valence-corrected chi connectivity index (χ1v) is 5.33. The van der Waals surface area contributed by atoms with Crippen LogP contribution in [0.4, 0.5) is 0 Å². The molecule has 6 heteroatoms. The highest BCUT2D eigenvalue weighted by atomic mass is 16.9. The van der Waals surface area contributed by atoms with E-state index in [9.17, 15) is 0 Å². The predicted molar refractivity (Wildman–Crippen MR) is 52.9 cm³/mol. The van der Waals surface area contributed by atoms with Crippen molar-refractivity contribution in [3.63, 3.8) is 0 Å². The molecule has 6 nitrogen and oxygen atoms in total. The third-order valence-electron chi connectivity index (χ3n) is 2.90. The van der Waals surface area contributed by atoms with Crippen molar-refractivity contribution in [1.29, 1.82) is 0 Å². The first kappa shape index (κ1) is 10.5. The van der Waals surface area contributed by atoms with Gasteiger partial charge in [-0.15, -0.1) is 0 Å². The molecular formula is C10H15NO5. The lowest BCUT2D eigenvalue weighted by molar-refractivity contribution is -0.206. The summed E-state index contributed by atoms with van der Waals surface area (Å²) >= 11 is 0. The zero-order valence-corrected chi connectivity index (χ0v) is 9.50. The fraction of sp³-hybridized carbons (Fsp3) is 0.900. The molecule has 0 saturated carbocycles. The summed E-state index contributed by atoms with van der Waals surface area (Å²) < 4.78 is 22.1. The van der Waals surface area contributed by atoms with Gasteiger partial charge in [0.15, 0.2) is 24.3 Å². The second kappa shape index (κ2) is 3.40. The van der Waals surface area contributed by atoms with Crippen molar-refractivity contribution in [2.75, 3.05) is 13.7 Å². The van der Waals surface area contributed by atoms with Crippen LogP contribution in [0.15, 0.2) is 5.16 Å². The second-order valence-electron chi connectivity index (χ2n) is 4.61. The third kappa shape index (κ3) is 1.45. The van der Waals surface area contributed by atoms with E-state index in [2.05, 4.69) is 5.16 Å². The normalized spacial score (nSPS) is 43.8. The Bertz CT molecular complexity index is 329. The number of nitrogens with zero attached hydrogens (tertiary/aromatic N) is 1. The van der Waals surface area contributed by atoms with Crippen molar-refractivity contribution in [2.45, 2.75) is 44.2 Å². The fourth-order valence-corrected chi connectivity index (χ4v) is 2.30. The molecule has 3 aliphatic rings. The maximum Gasteiger partial charge on any atom is 0.192 e. The summed E-state index contributed by atoms with van der Waals surface area (Å²) in [5.41, 5.74) is 0.756. The average molecular weight is 229 g/mol. The summed E-state index contributed by atoms with van der Waals surface area (Å²) in [7, 11) is 1.61. The highest BCUT2D eigenvalue weighted by Crippen LogP contribution is 2.40. The van der Waals surface area contributed by atoms with Crippen LogP contribution in [0.1, 0.15) is 13.8 Å². The number of rotatable bonds is 2. The minimum atomic E-state index is -0.617. The molecule has 0 amide bonds. The summed E-state index contributed by atoms with van der Waals surface area (Å²) in [6.45, 7) is 4.12. The van der Waals surface area contributed by atoms with Gasteiger partial charge in [0.25, 0.3) is 0 Å². The molecule has 2 saturated heterocycles. The Kier molecular flexibility index (Phi) is 2.22. The number of fused-ring (bicyclic) bond motifs is 3. The van der Waals surface area contributed by atoms with E-state index in [1.165, 1.54) is 0 Å². The van der Waals surface area contributed by atoms with E-state index in [-0.39, 0.29) is 24.6 Å². The molecule has 3 rings (SSSR count). The van der Waals surface area contributed by atoms with Gasteiger partial charge < -0.3 is 23.8 Å². The first-order chi connectivity index (χ1) is 7.61. The van der Waals surface area contributed by atoms with Gasteiger partial charge in [-0.1, -0.05) is 5.16 Å². The largest absolute Gasteiger partial charge is 0.386 e. The highest BCUT2D eigenvalue weighted by molar-refractivity contribution is 5.91. The van der Waals surface area contributed by atoms with Crippen LogP contribution in [0, 0.1) is 0 Å². The minimum Gasteiger partial charge on any atom is -0.386 e. The Morgan fingerprint density at radius 2 is 2.12 bits per heavy atom. The van der Waals surface area contributed by atoms with Crippen molar-refractivity contribution in [3.8, 4) is 0 Å². The molecule has 0 bridgehead atoms. The number of methoxy groups -OCH3 is 1. The van der Waals surface area contributed by atoms with Gasteiger partial charge in [-0.2, -0.15) is 0 Å². The van der Waals surface area contributed by atoms with E-state index in [4.69, 9.17) is 23.8 Å². The van der Waals surface area contributed by atoms with Crippen LogP contribution in [-0.4, -0.2) is 49.8 Å². The Morgan fingerprint density at radius 3 is 2.88 bits per heavy atom. The molecule has 0 spiro atoms. The van der Waals surface area contributed by atoms with Crippen LogP contribution in [0.3, 0.4) is 0 Å². The van der Waals surface area contributed by atoms with Crippen LogP contribution in [0.25, 0.3) is 0 Å². The number of ether oxygens (including phenoxy) is 4. The average Bonchev–Trinajstić information content (AvgIpc) is 2.77. The topological polar surface area (TPSA) is 58.5 Å². The summed E-state index contributed by atoms with van der Waals surface area (Å²) in [5, 5.41) is 3.95. The van der Waals surface area contributed by atoms with Crippen LogP contribution >= 0.6 is 0 Å². The highest BCUT2D eigenvalue weighted by Gasteiger charge is 2.59. The van der Waals surface area contributed by atoms with E-state index >= 15 is 0 Å². The molecule has 90 valence electrons. The molecule has 0 aromatic heterocycles. The standard InChI is InChI=1S/C10H15NO5/c1-10(2)14-8-7-6(13-9(8)15-10)5(4-12-3)11-16-7/h6-9H,4H2,1-3H3/t6-,7+,8-,9-/m0/s1. The maximum absolute atomic E-state index is 5.73. The molecule has 3 heterocycles. The summed E-state index contributed by atoms with van der Waals surface area (Å²) in [6.07, 6.45) is -0.992. The van der Waals surface area contributed by atoms with Gasteiger partial charge in [0.1, 0.15) is 11.8 Å². The molecule has 0 unspecified atom stereocenters. The third-order valence-corrected chi connectivity index (χ3v) is 2.90. The zero-order chi connectivity index (χ0) is 11.3. The number of hydrogen-bond donors (Lipinski definition) is 0. The lowest BCUT2D eigenvalue weighted by Crippen LogP contribution is -2.36. The molecule has 0 aromatic carbocycles. The SMILES string of the molecule is COCC1=NO[C@H]2[C@@H]3OC(C)(C)O[C@@H]3O[C@@H]12. The van der Waals surface area contributed by atoms with Gasteiger partial charge in [-0.3, -0.25) is 0 Å². The fourth-order valence-electron chi connectivity index (χ4n) is 2.30. The molecule has 4 atom stereocenters. The van der Waals surface area contributed by atoms with Gasteiger partial charge in [0.05, 0.1) is 6.61 Å². The lowest BCUT2D eigenvalue weighted by Gasteiger charge is -2.20. The summed E-state index contributed by atoms with van der Waals surface area (Å²) in [6, 6.07) is 0. The van der Waals surface area contributed by atoms with E-state index in [1.54, 1.807) is 7.11 Å². The molecule has 16 heavy (non-hydrogen) atoms. The molecule has 2 fully saturated rings. The Hall–Kier alpha value is -0.690. The van der Waals surface area contributed by atoms with Gasteiger partial charge in [0.2, 0.25) is 0 Å². The predicted octanol–water partition coefficient (Wildman–Crippen LogP) is 0.264. The molecule has 3 aliphatic heterocycles. The van der Waals surface area contributed by atoms with Gasteiger partial charge in [0, 0.05) is 7.11 Å². The summed E-state index contributed by atoms with van der Waals surface area (Å²) in [4.78, 5) is 5.33. The van der Waals surface area contributed by atoms with Crippen molar-refractivity contribution in [1.82, 2.24) is 0 Å². The number of hydrogen-bond acceptors (Lipinski definition) is 6. The van der Waals surface area contributed by atoms with Crippen molar-refractivity contribution < 1.29 is 23.8 Å². The molecule has 0 radical (unpaired) electrons. The Labute approximate surface area is 93.4 Å². The van der Waals surface area contributed by atoms with Crippen molar-refractivity contribution in [3.05, 3.63) is 0 Å². The summed E-state index contributed by atoms with van der Waals surface area (Å²) in [5.74, 6) is -0.617. The van der Waals surface area contributed by atoms with Gasteiger partial charge in [-0.05, 0) is 13.8 Å². The zero-order valence-electron chi connectivity index (χ0n) is 9.50. The first-order valence-electron chi connectivity index (χ1n) is 5.33. The monoisotopic (exact) mass is 229 g/mol. The molecule has 0 aromatic rings. The van der Waals surface area contributed by atoms with Crippen molar-refractivity contribution in [2.24, 2.45) is 5.16 Å². The van der Waals surface area contributed by atoms with E-state index in [0.29, 0.717) is 6.61 Å². The van der Waals surface area contributed by atoms with Crippen LogP contribution in [0.5, 0.6) is 0 Å². The van der Waals surface area contributed by atoms with E-state index in [0.717, 1.165) is 5.71 Å². The van der Waals surface area contributed by atoms with Crippen LogP contribution in [0.2, 0.25) is 0 Å². The smallest absolute Gasteiger partial charge is 0.192 e. The minimum absolute atomic E-state index is 0.203. The Balaban J connectivity index is 1.73. The van der Waals surface area contributed by atoms with E-state index in [1.807, 2.05) is 13.8 Å².